The summed E-state index contributed by atoms with van der Waals surface area (Å²) in [5.74, 6) is -1.39. The summed E-state index contributed by atoms with van der Waals surface area (Å²) < 4.78 is 67.1. The third-order valence-electron chi connectivity index (χ3n) is 18.6. The Labute approximate surface area is 622 Å². The van der Waals surface area contributed by atoms with E-state index < -0.39 is 99.5 Å². The van der Waals surface area contributed by atoms with E-state index in [4.69, 9.17) is 33.2 Å². The van der Waals surface area contributed by atoms with Crippen molar-refractivity contribution in [1.82, 2.24) is 56.5 Å². The molecule has 106 heavy (non-hydrogen) atoms. The van der Waals surface area contributed by atoms with Gasteiger partial charge in [-0.3, -0.25) is 30.4 Å². The molecule has 8 N–H and O–H groups in total. The summed E-state index contributed by atoms with van der Waals surface area (Å²) in [5.41, 5.74) is 13.4. The van der Waals surface area contributed by atoms with Gasteiger partial charge >= 0.3 is 18.3 Å². The van der Waals surface area contributed by atoms with Gasteiger partial charge in [-0.15, -0.1) is 11.3 Å². The van der Waals surface area contributed by atoms with Gasteiger partial charge in [0.2, 0.25) is 10.0 Å². The van der Waals surface area contributed by atoms with Crippen LogP contribution in [0.2, 0.25) is 0 Å². The number of benzene rings is 4. The van der Waals surface area contributed by atoms with Gasteiger partial charge in [-0.1, -0.05) is 163 Å². The third kappa shape index (κ3) is 23.6. The number of ether oxygens (including phenoxy) is 7. The Kier molecular flexibility index (Phi) is 28.3. The molecular formula is C77H97N11O16S2. The molecule has 5 amide bonds. The Morgan fingerprint density at radius 2 is 1.00 bits per heavy atom. The fraction of sp³-hybridized carbons (Fsp3) is 0.455. The van der Waals surface area contributed by atoms with Crippen molar-refractivity contribution >= 4 is 51.5 Å². The quantitative estimate of drug-likeness (QED) is 0.0155. The minimum Gasteiger partial charge on any atom is -0.443 e. The maximum absolute atomic E-state index is 14.1. The molecule has 7 heterocycles. The van der Waals surface area contributed by atoms with E-state index in [1.165, 1.54) is 23.3 Å². The Morgan fingerprint density at radius 1 is 0.557 bits per heavy atom. The van der Waals surface area contributed by atoms with E-state index in [9.17, 15) is 42.6 Å². The first-order chi connectivity index (χ1) is 50.8. The number of fused-ring (bicyclic) bond motifs is 2. The van der Waals surface area contributed by atoms with Gasteiger partial charge in [-0.25, -0.2) is 42.5 Å². The molecule has 4 aromatic carbocycles. The molecule has 4 aliphatic rings. The average molecular weight is 1500 g/mol. The molecule has 0 spiro atoms. The van der Waals surface area contributed by atoms with E-state index in [-0.39, 0.29) is 89.0 Å². The van der Waals surface area contributed by atoms with Crippen molar-refractivity contribution in [2.24, 2.45) is 22.7 Å². The number of alkyl carbamates (subject to hydrolysis) is 3. The lowest BCUT2D eigenvalue weighted by molar-refractivity contribution is -0.132. The smallest absolute Gasteiger partial charge is 0.408 e. The van der Waals surface area contributed by atoms with E-state index in [1.54, 1.807) is 49.1 Å². The number of nitrogens with one attached hydrogen (secondary N) is 6. The zero-order chi connectivity index (χ0) is 75.4. The van der Waals surface area contributed by atoms with Gasteiger partial charge in [0.15, 0.2) is 12.6 Å². The van der Waals surface area contributed by atoms with E-state index in [0.717, 1.165) is 57.6 Å². The molecule has 7 aromatic rings. The van der Waals surface area contributed by atoms with Crippen molar-refractivity contribution in [2.45, 2.75) is 155 Å². The number of nitrogens with zero attached hydrogens (tertiary/aromatic N) is 5. The fourth-order valence-corrected chi connectivity index (χ4v) is 14.3. The second-order valence-electron chi connectivity index (χ2n) is 28.8. The summed E-state index contributed by atoms with van der Waals surface area (Å²) in [7, 11) is -3.74. The highest BCUT2D eigenvalue weighted by Crippen LogP contribution is 2.35. The molecule has 27 nitrogen and oxygen atoms in total. The molecule has 0 aliphatic carbocycles. The van der Waals surface area contributed by atoms with Gasteiger partial charge in [-0.05, 0) is 90.0 Å². The van der Waals surface area contributed by atoms with Crippen LogP contribution in [-0.2, 0) is 85.3 Å². The molecule has 3 aromatic heterocycles. The Bertz CT molecular complexity index is 4040. The molecule has 12 atom stereocenters. The number of hydrogen-bond acceptors (Lipinski definition) is 22. The normalized spacial score (nSPS) is 20.1. The zero-order valence-electron chi connectivity index (χ0n) is 60.7. The summed E-state index contributed by atoms with van der Waals surface area (Å²) in [6.45, 7) is 13.9. The molecule has 0 bridgehead atoms. The first kappa shape index (κ1) is 79.7. The number of hydrazine groups is 2. The Hall–Kier alpha value is -8.85. The predicted molar refractivity (Wildman–Crippen MR) is 395 cm³/mol. The van der Waals surface area contributed by atoms with Crippen molar-refractivity contribution in [3.05, 3.63) is 197 Å². The molecule has 4 aliphatic heterocycles. The van der Waals surface area contributed by atoms with Crippen LogP contribution in [0.5, 0.6) is 0 Å². The number of amides is 5. The van der Waals surface area contributed by atoms with Gasteiger partial charge in [0, 0.05) is 55.1 Å². The van der Waals surface area contributed by atoms with Crippen LogP contribution >= 0.6 is 11.3 Å². The lowest BCUT2D eigenvalue weighted by Gasteiger charge is -2.34. The second kappa shape index (κ2) is 37.6. The van der Waals surface area contributed by atoms with Crippen LogP contribution in [0.3, 0.4) is 0 Å². The van der Waals surface area contributed by atoms with Crippen LogP contribution in [0.1, 0.15) is 89.3 Å². The minimum atomic E-state index is -3.74. The van der Waals surface area contributed by atoms with Gasteiger partial charge in [-0.2, -0.15) is 0 Å². The van der Waals surface area contributed by atoms with Crippen molar-refractivity contribution in [3.63, 3.8) is 0 Å². The molecule has 4 fully saturated rings. The van der Waals surface area contributed by atoms with Crippen LogP contribution in [0, 0.1) is 22.7 Å². The highest BCUT2D eigenvalue weighted by atomic mass is 32.2. The average Bonchev–Trinajstić information content (AvgIpc) is 1.67. The molecule has 568 valence electrons. The van der Waals surface area contributed by atoms with Crippen molar-refractivity contribution < 1.29 is 75.8 Å². The van der Waals surface area contributed by atoms with E-state index in [1.807, 2.05) is 166 Å². The zero-order valence-corrected chi connectivity index (χ0v) is 62.3. The second-order valence-corrected chi connectivity index (χ2v) is 31.6. The Balaban J connectivity index is 0.000000228. The van der Waals surface area contributed by atoms with Crippen LogP contribution in [-0.4, -0.2) is 180 Å². The number of sulfonamides is 1. The van der Waals surface area contributed by atoms with Gasteiger partial charge in [0.05, 0.1) is 90.9 Å². The lowest BCUT2D eigenvalue weighted by Crippen LogP contribution is -2.59. The molecule has 2 unspecified atom stereocenters. The van der Waals surface area contributed by atoms with Crippen LogP contribution < -0.4 is 31.5 Å². The summed E-state index contributed by atoms with van der Waals surface area (Å²) in [5, 5.41) is 37.0. The Morgan fingerprint density at radius 3 is 1.41 bits per heavy atom. The highest BCUT2D eigenvalue weighted by molar-refractivity contribution is 7.89. The summed E-state index contributed by atoms with van der Waals surface area (Å²) in [6, 6.07) is 41.9. The number of carbonyl (C=O) groups is 5. The standard InChI is InChI=1S/C40H48N6O8S.C37H49N5O8S/c1-40(2,3)35(44-38(49)53-22-29-24-55-25-42-29)36(48)45-46(20-27-12-14-28(15-13-27)31-11-7-8-17-41-31)21-33(47)32(19-26-9-5-4-6-10-26)43-39(50)54-34-23-52-37-30(34)16-18-51-37;1-5-51(46,47)41-33(37(2,3)4)34(44)40-42(22-26-14-16-27(17-15-26)29-13-9-10-19-38-29)23-31(43)30(21-25-11-7-6-8-12-25)39-36(45)50-32-24-49-35-28(32)18-20-48-35/h4-15,17,24-25,30,32-35,37,47H,16,18-23H2,1-3H3,(H,43,50)(H,44,49)(H,45,48);6-17,19,28,30-33,35,41,43H,5,18,20-24H2,1-4H3,(H,39,45)(H,40,44)/t30-,32-,33-,34-,35?,37+;28-,30-,31-,32-,33?,35+/m00/s1. The molecule has 0 saturated carbocycles. The number of rotatable bonds is 30. The van der Waals surface area contributed by atoms with Gasteiger partial charge in [0.25, 0.3) is 11.8 Å². The van der Waals surface area contributed by atoms with Gasteiger partial charge < -0.3 is 59.3 Å². The van der Waals surface area contributed by atoms with E-state index >= 15 is 0 Å². The van der Waals surface area contributed by atoms with Gasteiger partial charge in [0.1, 0.15) is 30.9 Å². The SMILES string of the molecule is CC(C)(C)C(NC(=O)OCc1cscn1)C(=O)NN(Cc1ccc(-c2ccccn2)cc1)C[C@H](O)[C@H](Cc1ccccc1)NC(=O)O[C@H]1CO[C@H]2OCC[C@H]21.CCS(=O)(=O)NC(C(=O)NN(Cc1ccc(-c2ccccn2)cc1)C[C@H](O)[C@H](Cc1ccccc1)NC(=O)O[C@H]1CO[C@H]2OCC[C@H]21)C(C)(C)C. The molecule has 11 rings (SSSR count). The van der Waals surface area contributed by atoms with E-state index in [0.29, 0.717) is 18.9 Å². The van der Waals surface area contributed by atoms with Crippen molar-refractivity contribution in [2.75, 3.05) is 45.3 Å². The molecule has 4 saturated heterocycles. The number of aliphatic hydroxyl groups excluding tert-OH is 2. The first-order valence-electron chi connectivity index (χ1n) is 35.6. The maximum atomic E-state index is 14.1. The first-order valence-corrected chi connectivity index (χ1v) is 38.2. The number of carbonyl (C=O) groups excluding carboxylic acids is 5. The number of aliphatic hydroxyl groups is 2. The van der Waals surface area contributed by atoms with Crippen LogP contribution in [0.25, 0.3) is 22.5 Å². The van der Waals surface area contributed by atoms with Crippen LogP contribution in [0.15, 0.2) is 169 Å². The summed E-state index contributed by atoms with van der Waals surface area (Å²) in [4.78, 5) is 80.4. The number of thiazole rings is 1. The molecule has 0 radical (unpaired) electrons. The lowest BCUT2D eigenvalue weighted by atomic mass is 9.86. The number of aromatic nitrogens is 3. The monoisotopic (exact) mass is 1500 g/mol. The van der Waals surface area contributed by atoms with Crippen LogP contribution in [0.4, 0.5) is 14.4 Å². The predicted octanol–water partition coefficient (Wildman–Crippen LogP) is 8.23. The largest absolute Gasteiger partial charge is 0.443 e. The van der Waals surface area contributed by atoms with Crippen molar-refractivity contribution in [3.8, 4) is 22.5 Å². The third-order valence-corrected chi connectivity index (χ3v) is 20.6. The molecular weight excluding hydrogens is 1400 g/mol. The number of pyridine rings is 2. The highest BCUT2D eigenvalue weighted by Gasteiger charge is 2.46. The van der Waals surface area contributed by atoms with E-state index in [2.05, 4.69) is 46.5 Å². The minimum absolute atomic E-state index is 0.0400. The molecule has 29 heteroatoms. The topological polar surface area (TPSA) is 342 Å². The summed E-state index contributed by atoms with van der Waals surface area (Å²) in [6.07, 6.45) is -0.801. The van der Waals surface area contributed by atoms with Crippen molar-refractivity contribution in [1.29, 1.82) is 0 Å². The maximum Gasteiger partial charge on any atom is 0.408 e. The summed E-state index contributed by atoms with van der Waals surface area (Å²) >= 11 is 1.39. The number of hydrogen-bond donors (Lipinski definition) is 8. The fourth-order valence-electron chi connectivity index (χ4n) is 12.7.